The molecule has 1 aliphatic rings. The molecule has 3 aromatic rings. The van der Waals surface area contributed by atoms with Crippen molar-refractivity contribution in [1.29, 1.82) is 0 Å². The van der Waals surface area contributed by atoms with Crippen molar-refractivity contribution < 1.29 is 23.1 Å². The quantitative estimate of drug-likeness (QED) is 0.488. The van der Waals surface area contributed by atoms with Crippen LogP contribution in [0.15, 0.2) is 55.1 Å². The topological polar surface area (TPSA) is 92.6 Å². The van der Waals surface area contributed by atoms with E-state index in [1.54, 1.807) is 37.2 Å². The van der Waals surface area contributed by atoms with Crippen LogP contribution in [0.25, 0.3) is 0 Å². The first-order valence-electron chi connectivity index (χ1n) is 11.5. The molecule has 0 aliphatic carbocycles. The molecule has 0 spiro atoms. The summed E-state index contributed by atoms with van der Waals surface area (Å²) in [6.07, 6.45) is 6.64. The third-order valence-corrected chi connectivity index (χ3v) is 6.09. The van der Waals surface area contributed by atoms with E-state index < -0.39 is 11.7 Å². The van der Waals surface area contributed by atoms with E-state index in [-0.39, 0.29) is 36.0 Å². The summed E-state index contributed by atoms with van der Waals surface area (Å²) in [5.74, 6) is -1.45. The Balaban J connectivity index is 1.44. The van der Waals surface area contributed by atoms with Crippen LogP contribution in [0.2, 0.25) is 0 Å². The number of rotatable bonds is 9. The standard InChI is InChI=1S/C25H28F2N6O3/c1-31(2)24(34)16-36-15-22-9-21(14-32(22)12-18-6-7-28-11-23(18)27)33-13-20(10-29-33)30-25(35)17-4-3-5-19(26)8-17/h3-8,10-11,13,21-22H,9,12,14-16H2,1-2H3,(H,30,35)/t21-,22-/m0/s1. The van der Waals surface area contributed by atoms with Crippen molar-refractivity contribution in [3.63, 3.8) is 0 Å². The van der Waals surface area contributed by atoms with E-state index in [1.807, 2.05) is 0 Å². The maximum Gasteiger partial charge on any atom is 0.255 e. The normalized spacial score (nSPS) is 17.8. The molecule has 0 unspecified atom stereocenters. The van der Waals surface area contributed by atoms with Gasteiger partial charge in [-0.1, -0.05) is 6.07 Å². The second kappa shape index (κ2) is 11.4. The molecule has 1 aliphatic heterocycles. The van der Waals surface area contributed by atoms with Crippen molar-refractivity contribution in [3.8, 4) is 0 Å². The lowest BCUT2D eigenvalue weighted by Crippen LogP contribution is -2.35. The van der Waals surface area contributed by atoms with Crippen LogP contribution in [0, 0.1) is 11.6 Å². The van der Waals surface area contributed by atoms with Crippen molar-refractivity contribution in [1.82, 2.24) is 24.6 Å². The van der Waals surface area contributed by atoms with Gasteiger partial charge in [0.15, 0.2) is 0 Å². The van der Waals surface area contributed by atoms with Crippen molar-refractivity contribution in [2.75, 3.05) is 39.2 Å². The number of halogens is 2. The van der Waals surface area contributed by atoms with Crippen LogP contribution in [-0.2, 0) is 16.1 Å². The SMILES string of the molecule is CN(C)C(=O)COC[C@@H]1C[C@H](n2cc(NC(=O)c3cccc(F)c3)cn2)CN1Cc1ccncc1F. The van der Waals surface area contributed by atoms with E-state index in [4.69, 9.17) is 4.74 Å². The van der Waals surface area contributed by atoms with Crippen molar-refractivity contribution in [2.24, 2.45) is 0 Å². The second-order valence-electron chi connectivity index (χ2n) is 8.92. The number of amides is 2. The van der Waals surface area contributed by atoms with E-state index in [2.05, 4.69) is 20.3 Å². The highest BCUT2D eigenvalue weighted by molar-refractivity contribution is 6.04. The minimum atomic E-state index is -0.490. The number of benzene rings is 1. The number of aromatic nitrogens is 3. The van der Waals surface area contributed by atoms with Gasteiger partial charge in [-0.05, 0) is 30.7 Å². The van der Waals surface area contributed by atoms with Crippen molar-refractivity contribution in [3.05, 3.63) is 77.9 Å². The van der Waals surface area contributed by atoms with Gasteiger partial charge in [0.2, 0.25) is 5.91 Å². The van der Waals surface area contributed by atoms with Gasteiger partial charge in [0.25, 0.3) is 5.91 Å². The number of carbonyl (C=O) groups excluding carboxylic acids is 2. The van der Waals surface area contributed by atoms with E-state index in [0.717, 1.165) is 0 Å². The molecule has 36 heavy (non-hydrogen) atoms. The average Bonchev–Trinajstić information content (AvgIpc) is 3.47. The van der Waals surface area contributed by atoms with Crippen LogP contribution in [0.4, 0.5) is 14.5 Å². The summed E-state index contributed by atoms with van der Waals surface area (Å²) in [7, 11) is 3.33. The highest BCUT2D eigenvalue weighted by Gasteiger charge is 2.34. The fourth-order valence-corrected chi connectivity index (χ4v) is 4.11. The maximum atomic E-state index is 14.3. The van der Waals surface area contributed by atoms with Crippen molar-refractivity contribution >= 4 is 17.5 Å². The van der Waals surface area contributed by atoms with Crippen LogP contribution >= 0.6 is 0 Å². The molecule has 2 amide bonds. The molecule has 1 saturated heterocycles. The number of likely N-dealkylation sites (tertiary alicyclic amines) is 1. The Hall–Kier alpha value is -3.70. The summed E-state index contributed by atoms with van der Waals surface area (Å²) in [5.41, 5.74) is 1.20. The molecule has 2 aromatic heterocycles. The minimum absolute atomic E-state index is 0.0380. The fourth-order valence-electron chi connectivity index (χ4n) is 4.11. The Morgan fingerprint density at radius 2 is 2.06 bits per heavy atom. The molecule has 0 bridgehead atoms. The third kappa shape index (κ3) is 6.29. The fraction of sp³-hybridized carbons (Fsp3) is 0.360. The van der Waals surface area contributed by atoms with Gasteiger partial charge in [-0.2, -0.15) is 5.10 Å². The van der Waals surface area contributed by atoms with Crippen molar-refractivity contribution in [2.45, 2.75) is 25.0 Å². The molecule has 3 heterocycles. The molecule has 0 saturated carbocycles. The first-order chi connectivity index (χ1) is 17.3. The van der Waals surface area contributed by atoms with E-state index in [1.165, 1.54) is 41.6 Å². The summed E-state index contributed by atoms with van der Waals surface area (Å²) in [5, 5.41) is 7.13. The summed E-state index contributed by atoms with van der Waals surface area (Å²) >= 11 is 0. The molecule has 2 atom stereocenters. The number of likely N-dealkylation sites (N-methyl/N-ethyl adjacent to an activating group) is 1. The van der Waals surface area contributed by atoms with Crippen LogP contribution in [-0.4, -0.2) is 76.3 Å². The Bertz CT molecular complexity index is 1220. The lowest BCUT2D eigenvalue weighted by Gasteiger charge is -2.24. The first-order valence-corrected chi connectivity index (χ1v) is 11.5. The molecule has 9 nitrogen and oxygen atoms in total. The van der Waals surface area contributed by atoms with Crippen LogP contribution in [0.1, 0.15) is 28.4 Å². The predicted molar refractivity (Wildman–Crippen MR) is 128 cm³/mol. The smallest absolute Gasteiger partial charge is 0.255 e. The van der Waals surface area contributed by atoms with E-state index >= 15 is 0 Å². The highest BCUT2D eigenvalue weighted by atomic mass is 19.1. The summed E-state index contributed by atoms with van der Waals surface area (Å²) in [6.45, 7) is 1.18. The number of pyridine rings is 1. The molecule has 1 N–H and O–H groups in total. The predicted octanol–water partition coefficient (Wildman–Crippen LogP) is 2.73. The number of hydrogen-bond donors (Lipinski definition) is 1. The van der Waals surface area contributed by atoms with Gasteiger partial charge in [-0.3, -0.25) is 24.2 Å². The zero-order valence-corrected chi connectivity index (χ0v) is 20.1. The van der Waals surface area contributed by atoms with Crippen LogP contribution in [0.3, 0.4) is 0 Å². The lowest BCUT2D eigenvalue weighted by molar-refractivity contribution is -0.134. The molecule has 0 radical (unpaired) electrons. The largest absolute Gasteiger partial charge is 0.370 e. The molecule has 4 rings (SSSR count). The summed E-state index contributed by atoms with van der Waals surface area (Å²) < 4.78 is 35.2. The molecule has 11 heteroatoms. The van der Waals surface area contributed by atoms with Gasteiger partial charge < -0.3 is 15.0 Å². The number of ether oxygens (including phenoxy) is 1. The van der Waals surface area contributed by atoms with Gasteiger partial charge in [-0.15, -0.1) is 0 Å². The summed E-state index contributed by atoms with van der Waals surface area (Å²) in [6, 6.07) is 6.94. The zero-order valence-electron chi connectivity index (χ0n) is 20.1. The Morgan fingerprint density at radius 3 is 2.81 bits per heavy atom. The van der Waals surface area contributed by atoms with Gasteiger partial charge in [-0.25, -0.2) is 8.78 Å². The molecule has 1 fully saturated rings. The lowest BCUT2D eigenvalue weighted by atomic mass is 10.2. The van der Waals surface area contributed by atoms with Gasteiger partial charge in [0.1, 0.15) is 18.2 Å². The highest BCUT2D eigenvalue weighted by Crippen LogP contribution is 2.30. The molecule has 1 aromatic carbocycles. The Morgan fingerprint density at radius 1 is 1.22 bits per heavy atom. The molecular formula is C25H28F2N6O3. The number of nitrogens with one attached hydrogen (secondary N) is 1. The summed E-state index contributed by atoms with van der Waals surface area (Å²) in [4.78, 5) is 31.7. The van der Waals surface area contributed by atoms with Crippen LogP contribution < -0.4 is 5.32 Å². The van der Waals surface area contributed by atoms with Gasteiger partial charge >= 0.3 is 0 Å². The third-order valence-electron chi connectivity index (χ3n) is 6.09. The van der Waals surface area contributed by atoms with Gasteiger partial charge in [0.05, 0.1) is 30.7 Å². The monoisotopic (exact) mass is 498 g/mol. The van der Waals surface area contributed by atoms with Crippen LogP contribution in [0.5, 0.6) is 0 Å². The van der Waals surface area contributed by atoms with Gasteiger partial charge in [0, 0.05) is 56.7 Å². The number of carbonyl (C=O) groups is 2. The number of anilines is 1. The Kier molecular flexibility index (Phi) is 8.01. The second-order valence-corrected chi connectivity index (χ2v) is 8.92. The minimum Gasteiger partial charge on any atom is -0.370 e. The molecular weight excluding hydrogens is 470 g/mol. The maximum absolute atomic E-state index is 14.3. The first kappa shape index (κ1) is 25.4. The molecule has 190 valence electrons. The number of hydrogen-bond acceptors (Lipinski definition) is 6. The average molecular weight is 499 g/mol. The number of nitrogens with zero attached hydrogens (tertiary/aromatic N) is 5. The van der Waals surface area contributed by atoms with E-state index in [9.17, 15) is 18.4 Å². The van der Waals surface area contributed by atoms with E-state index in [0.29, 0.717) is 37.4 Å². The Labute approximate surface area is 207 Å². The zero-order chi connectivity index (χ0) is 25.7.